The number of hydrogen-bond donors (Lipinski definition) is 0. The summed E-state index contributed by atoms with van der Waals surface area (Å²) >= 11 is 0. The van der Waals surface area contributed by atoms with Gasteiger partial charge in [0.25, 0.3) is 0 Å². The van der Waals surface area contributed by atoms with Crippen molar-refractivity contribution >= 4 is 5.97 Å². The van der Waals surface area contributed by atoms with E-state index < -0.39 is 5.79 Å². The van der Waals surface area contributed by atoms with Crippen LogP contribution in [0.5, 0.6) is 0 Å². The van der Waals surface area contributed by atoms with Gasteiger partial charge in [0.15, 0.2) is 5.79 Å². The molecule has 2 atom stereocenters. The number of carbonyl (C=O) groups excluding carboxylic acids is 1. The Bertz CT molecular complexity index is 379. The van der Waals surface area contributed by atoms with E-state index in [0.29, 0.717) is 0 Å². The molecule has 0 aromatic rings. The molecule has 1 aliphatic heterocycles. The fourth-order valence-corrected chi connectivity index (χ4v) is 4.10. The number of esters is 1. The summed E-state index contributed by atoms with van der Waals surface area (Å²) in [4.78, 5) is 11.2. The lowest BCUT2D eigenvalue weighted by Gasteiger charge is -2.48. The van der Waals surface area contributed by atoms with E-state index in [4.69, 9.17) is 9.47 Å². The number of carbonyl (C=O) groups is 1. The van der Waals surface area contributed by atoms with E-state index >= 15 is 0 Å². The zero-order valence-corrected chi connectivity index (χ0v) is 11.7. The van der Waals surface area contributed by atoms with Crippen LogP contribution in [0.3, 0.4) is 0 Å². The maximum atomic E-state index is 11.2. The van der Waals surface area contributed by atoms with E-state index in [-0.39, 0.29) is 23.6 Å². The standard InChI is InChI=1S/C15H22O4/c1-14(10-7-13(16)17-2)18-11-5-3-8-15(11)9-4-6-12(15)19-14/h7,10-12H,3-6,8-9H2,1-2H3/b10-7+/t11-,12-,15?/m1/s1. The van der Waals surface area contributed by atoms with Crippen molar-refractivity contribution in [2.75, 3.05) is 7.11 Å². The van der Waals surface area contributed by atoms with Crippen molar-refractivity contribution < 1.29 is 19.0 Å². The predicted molar refractivity (Wildman–Crippen MR) is 69.4 cm³/mol. The molecule has 1 saturated heterocycles. The van der Waals surface area contributed by atoms with Crippen molar-refractivity contribution in [2.24, 2.45) is 5.41 Å². The van der Waals surface area contributed by atoms with Gasteiger partial charge in [-0.25, -0.2) is 4.79 Å². The minimum atomic E-state index is -0.790. The summed E-state index contributed by atoms with van der Waals surface area (Å²) in [5, 5.41) is 0. The molecule has 0 amide bonds. The second-order valence-corrected chi connectivity index (χ2v) is 6.10. The number of methoxy groups -OCH3 is 1. The highest BCUT2D eigenvalue weighted by Crippen LogP contribution is 2.57. The summed E-state index contributed by atoms with van der Waals surface area (Å²) in [6.07, 6.45) is 10.8. The van der Waals surface area contributed by atoms with Crippen LogP contribution in [0.15, 0.2) is 12.2 Å². The molecular weight excluding hydrogens is 244 g/mol. The van der Waals surface area contributed by atoms with Crippen molar-refractivity contribution in [1.82, 2.24) is 0 Å². The van der Waals surface area contributed by atoms with Crippen LogP contribution >= 0.6 is 0 Å². The second-order valence-electron chi connectivity index (χ2n) is 6.10. The Morgan fingerprint density at radius 2 is 1.79 bits per heavy atom. The average Bonchev–Trinajstić information content (AvgIpc) is 2.97. The Labute approximate surface area is 114 Å². The van der Waals surface area contributed by atoms with Crippen LogP contribution < -0.4 is 0 Å². The summed E-state index contributed by atoms with van der Waals surface area (Å²) in [7, 11) is 1.37. The third-order valence-corrected chi connectivity index (χ3v) is 4.98. The van der Waals surface area contributed by atoms with E-state index in [9.17, 15) is 4.79 Å². The Morgan fingerprint density at radius 1 is 1.21 bits per heavy atom. The molecule has 2 aliphatic carbocycles. The van der Waals surface area contributed by atoms with Gasteiger partial charge < -0.3 is 14.2 Å². The zero-order chi connectivity index (χ0) is 13.5. The molecule has 4 heteroatoms. The molecule has 0 bridgehead atoms. The first-order valence-corrected chi connectivity index (χ1v) is 7.21. The van der Waals surface area contributed by atoms with Gasteiger partial charge in [-0.15, -0.1) is 0 Å². The van der Waals surface area contributed by atoms with Gasteiger partial charge in [0.1, 0.15) is 0 Å². The largest absolute Gasteiger partial charge is 0.466 e. The summed E-state index contributed by atoms with van der Waals surface area (Å²) in [5.41, 5.74) is 0.249. The van der Waals surface area contributed by atoms with Gasteiger partial charge in [0, 0.05) is 11.5 Å². The molecule has 3 fully saturated rings. The van der Waals surface area contributed by atoms with Crippen LogP contribution in [0.2, 0.25) is 0 Å². The molecule has 0 unspecified atom stereocenters. The van der Waals surface area contributed by atoms with E-state index in [0.717, 1.165) is 12.8 Å². The number of hydrogen-bond acceptors (Lipinski definition) is 4. The van der Waals surface area contributed by atoms with Crippen molar-refractivity contribution in [1.29, 1.82) is 0 Å². The molecule has 19 heavy (non-hydrogen) atoms. The summed E-state index contributed by atoms with van der Waals surface area (Å²) in [6.45, 7) is 1.90. The third-order valence-electron chi connectivity index (χ3n) is 4.98. The maximum Gasteiger partial charge on any atom is 0.330 e. The lowest BCUT2D eigenvalue weighted by molar-refractivity contribution is -0.319. The molecule has 4 nitrogen and oxygen atoms in total. The van der Waals surface area contributed by atoms with E-state index in [1.165, 1.54) is 38.9 Å². The normalized spacial score (nSPS) is 45.2. The van der Waals surface area contributed by atoms with Gasteiger partial charge in [0.2, 0.25) is 0 Å². The van der Waals surface area contributed by atoms with Crippen molar-refractivity contribution in [3.8, 4) is 0 Å². The highest BCUT2D eigenvalue weighted by Gasteiger charge is 2.58. The van der Waals surface area contributed by atoms with Crippen LogP contribution in [0.4, 0.5) is 0 Å². The highest BCUT2D eigenvalue weighted by atomic mass is 16.7. The zero-order valence-electron chi connectivity index (χ0n) is 11.7. The van der Waals surface area contributed by atoms with Gasteiger partial charge >= 0.3 is 5.97 Å². The molecular formula is C15H22O4. The van der Waals surface area contributed by atoms with Crippen LogP contribution in [-0.2, 0) is 19.0 Å². The van der Waals surface area contributed by atoms with E-state index in [2.05, 4.69) is 4.74 Å². The summed E-state index contributed by atoms with van der Waals surface area (Å²) in [5.74, 6) is -1.16. The SMILES string of the molecule is COC(=O)/C=C/C1(C)O[C@@H]2CCCC23CCC[C@H]3O1. The van der Waals surface area contributed by atoms with Gasteiger partial charge in [-0.2, -0.15) is 0 Å². The molecule has 0 aromatic carbocycles. The molecule has 0 N–H and O–H groups in total. The maximum absolute atomic E-state index is 11.2. The topological polar surface area (TPSA) is 44.8 Å². The fraction of sp³-hybridized carbons (Fsp3) is 0.800. The smallest absolute Gasteiger partial charge is 0.330 e. The highest BCUT2D eigenvalue weighted by molar-refractivity contribution is 5.81. The van der Waals surface area contributed by atoms with Crippen LogP contribution in [0.1, 0.15) is 45.4 Å². The van der Waals surface area contributed by atoms with Gasteiger partial charge in [-0.1, -0.05) is 12.8 Å². The Hall–Kier alpha value is -0.870. The van der Waals surface area contributed by atoms with E-state index in [1.807, 2.05) is 6.92 Å². The first-order chi connectivity index (χ1) is 9.08. The van der Waals surface area contributed by atoms with Crippen LogP contribution in [0.25, 0.3) is 0 Å². The van der Waals surface area contributed by atoms with E-state index in [1.54, 1.807) is 6.08 Å². The molecule has 3 aliphatic rings. The van der Waals surface area contributed by atoms with Gasteiger partial charge in [-0.3, -0.25) is 0 Å². The first-order valence-electron chi connectivity index (χ1n) is 7.21. The Kier molecular flexibility index (Phi) is 3.18. The van der Waals surface area contributed by atoms with Gasteiger partial charge in [0.05, 0.1) is 19.3 Å². The fourth-order valence-electron chi connectivity index (χ4n) is 4.10. The monoisotopic (exact) mass is 266 g/mol. The first kappa shape index (κ1) is 13.1. The molecule has 0 radical (unpaired) electrons. The lowest BCUT2D eigenvalue weighted by Crippen LogP contribution is -2.54. The average molecular weight is 266 g/mol. The second kappa shape index (κ2) is 4.60. The molecule has 3 rings (SSSR count). The molecule has 0 aromatic heterocycles. The minimum Gasteiger partial charge on any atom is -0.466 e. The summed E-state index contributed by atoms with van der Waals surface area (Å²) < 4.78 is 17.0. The van der Waals surface area contributed by atoms with Crippen molar-refractivity contribution in [3.63, 3.8) is 0 Å². The molecule has 106 valence electrons. The number of rotatable bonds is 2. The van der Waals surface area contributed by atoms with Crippen LogP contribution in [0, 0.1) is 5.41 Å². The molecule has 1 heterocycles. The quantitative estimate of drug-likeness (QED) is 0.569. The molecule has 2 saturated carbocycles. The Morgan fingerprint density at radius 3 is 2.32 bits per heavy atom. The third kappa shape index (κ3) is 2.11. The summed E-state index contributed by atoms with van der Waals surface area (Å²) in [6, 6.07) is 0. The Balaban J connectivity index is 1.80. The molecule has 1 spiro atoms. The van der Waals surface area contributed by atoms with Gasteiger partial charge in [-0.05, 0) is 38.7 Å². The van der Waals surface area contributed by atoms with Crippen molar-refractivity contribution in [2.45, 2.75) is 63.4 Å². The van der Waals surface area contributed by atoms with Crippen LogP contribution in [-0.4, -0.2) is 31.1 Å². The van der Waals surface area contributed by atoms with Crippen molar-refractivity contribution in [3.05, 3.63) is 12.2 Å². The minimum absolute atomic E-state index is 0.249. The number of ether oxygens (including phenoxy) is 3. The predicted octanol–water partition coefficient (Wildman–Crippen LogP) is 2.57. The lowest BCUT2D eigenvalue weighted by atomic mass is 9.79.